The summed E-state index contributed by atoms with van der Waals surface area (Å²) in [6.45, 7) is 10.7. The Morgan fingerprint density at radius 1 is 0.808 bits per heavy atom. The predicted molar refractivity (Wildman–Crippen MR) is 116 cm³/mol. The minimum Gasteiger partial charge on any atom is -0.381 e. The van der Waals surface area contributed by atoms with Crippen LogP contribution in [0.25, 0.3) is 0 Å². The fourth-order valence-electron chi connectivity index (χ4n) is 5.76. The van der Waals surface area contributed by atoms with Crippen LogP contribution in [0, 0.1) is 17.3 Å². The van der Waals surface area contributed by atoms with Crippen molar-refractivity contribution in [1.29, 1.82) is 0 Å². The Hall–Kier alpha value is 0.570. The molecule has 1 saturated carbocycles. The van der Waals surface area contributed by atoms with Gasteiger partial charge in [-0.1, -0.05) is 0 Å². The van der Waals surface area contributed by atoms with Crippen LogP contribution in [0.1, 0.15) is 51.4 Å². The van der Waals surface area contributed by atoms with E-state index in [1.807, 2.05) is 7.11 Å². The molecule has 4 rings (SSSR count). The summed E-state index contributed by atoms with van der Waals surface area (Å²) in [4.78, 5) is 5.53. The van der Waals surface area contributed by atoms with Crippen molar-refractivity contribution in [2.24, 2.45) is 17.3 Å². The molecule has 3 heterocycles. The highest BCUT2D eigenvalue weighted by molar-refractivity contribution is 14.1. The van der Waals surface area contributed by atoms with E-state index >= 15 is 0 Å². The molecule has 0 bridgehead atoms. The minimum atomic E-state index is 0.559. The number of methoxy groups -OCH3 is 1. The van der Waals surface area contributed by atoms with E-state index in [0.29, 0.717) is 11.5 Å². The number of halogens is 1. The minimum absolute atomic E-state index is 0.559. The molecule has 4 aliphatic rings. The molecule has 3 saturated heterocycles. The molecule has 4 fully saturated rings. The van der Waals surface area contributed by atoms with Gasteiger partial charge in [0, 0.05) is 56.2 Å². The lowest BCUT2D eigenvalue weighted by Gasteiger charge is -2.47. The van der Waals surface area contributed by atoms with Gasteiger partial charge in [0.25, 0.3) is 0 Å². The van der Waals surface area contributed by atoms with Gasteiger partial charge in [0.1, 0.15) is 0 Å². The molecule has 150 valence electrons. The normalized spacial score (nSPS) is 34.8. The molecule has 1 spiro atoms. The number of ether oxygens (including phenoxy) is 1. The molecule has 0 radical (unpaired) electrons. The Morgan fingerprint density at radius 2 is 1.35 bits per heavy atom. The van der Waals surface area contributed by atoms with Crippen LogP contribution < -0.4 is 0 Å². The monoisotopic (exact) mass is 475 g/mol. The second kappa shape index (κ2) is 8.93. The number of hydrogen-bond acceptors (Lipinski definition) is 4. The Balaban J connectivity index is 1.12. The second-order valence-corrected chi connectivity index (χ2v) is 11.0. The number of rotatable bonds is 5. The molecule has 0 N–H and O–H groups in total. The van der Waals surface area contributed by atoms with Crippen molar-refractivity contribution in [3.63, 3.8) is 0 Å². The fourth-order valence-corrected chi connectivity index (χ4v) is 6.24. The third-order valence-electron chi connectivity index (χ3n) is 7.95. The number of piperidine rings is 3. The van der Waals surface area contributed by atoms with E-state index in [9.17, 15) is 0 Å². The summed E-state index contributed by atoms with van der Waals surface area (Å²) in [5.74, 6) is 1.85. The molecule has 0 amide bonds. The van der Waals surface area contributed by atoms with Crippen LogP contribution >= 0.6 is 22.9 Å². The standard InChI is InChI=1S/C21H38IN3O/c1-26-20-14-19(15-20)17-23-8-2-18(3-9-23)16-24-10-4-21(5-11-24)6-12-25(22)13-7-21/h18-20H,2-17H2,1H3. The number of likely N-dealkylation sites (tertiary alicyclic amines) is 2. The smallest absolute Gasteiger partial charge is 0.0577 e. The highest BCUT2D eigenvalue weighted by atomic mass is 127. The summed E-state index contributed by atoms with van der Waals surface area (Å²) in [6.07, 6.45) is 11.8. The van der Waals surface area contributed by atoms with Crippen LogP contribution in [0.5, 0.6) is 0 Å². The first-order valence-corrected chi connectivity index (χ1v) is 12.0. The zero-order chi connectivity index (χ0) is 18.0. The van der Waals surface area contributed by atoms with Gasteiger partial charge in [-0.3, -0.25) is 0 Å². The molecular weight excluding hydrogens is 437 g/mol. The topological polar surface area (TPSA) is 19.0 Å². The average Bonchev–Trinajstić information content (AvgIpc) is 2.64. The average molecular weight is 475 g/mol. The maximum Gasteiger partial charge on any atom is 0.0577 e. The Kier molecular flexibility index (Phi) is 6.83. The Labute approximate surface area is 174 Å². The van der Waals surface area contributed by atoms with Gasteiger partial charge in [-0.25, -0.2) is 3.11 Å². The van der Waals surface area contributed by atoms with E-state index in [1.54, 1.807) is 0 Å². The van der Waals surface area contributed by atoms with Crippen molar-refractivity contribution in [3.05, 3.63) is 0 Å². The molecule has 0 aromatic rings. The van der Waals surface area contributed by atoms with E-state index in [-0.39, 0.29) is 0 Å². The highest BCUT2D eigenvalue weighted by Crippen LogP contribution is 2.42. The van der Waals surface area contributed by atoms with Gasteiger partial charge in [0.2, 0.25) is 0 Å². The Morgan fingerprint density at radius 3 is 1.96 bits per heavy atom. The SMILES string of the molecule is COC1CC(CN2CCC(CN3CCC4(CCN(I)CC4)CC3)CC2)C1. The summed E-state index contributed by atoms with van der Waals surface area (Å²) in [6, 6.07) is 0. The molecule has 0 unspecified atom stereocenters. The van der Waals surface area contributed by atoms with Gasteiger partial charge in [0.15, 0.2) is 0 Å². The summed E-state index contributed by atoms with van der Waals surface area (Å²) >= 11 is 2.51. The maximum atomic E-state index is 5.43. The van der Waals surface area contributed by atoms with Crippen molar-refractivity contribution in [2.75, 3.05) is 59.5 Å². The van der Waals surface area contributed by atoms with Gasteiger partial charge in [-0.15, -0.1) is 0 Å². The van der Waals surface area contributed by atoms with Crippen molar-refractivity contribution in [2.45, 2.75) is 57.5 Å². The third-order valence-corrected chi connectivity index (χ3v) is 8.92. The third kappa shape index (κ3) is 4.94. The van der Waals surface area contributed by atoms with E-state index in [4.69, 9.17) is 4.74 Å². The Bertz CT molecular complexity index is 431. The maximum absolute atomic E-state index is 5.43. The summed E-state index contributed by atoms with van der Waals surface area (Å²) in [5, 5.41) is 0. The summed E-state index contributed by atoms with van der Waals surface area (Å²) < 4.78 is 7.92. The molecular formula is C21H38IN3O. The zero-order valence-corrected chi connectivity index (χ0v) is 18.8. The number of nitrogens with zero attached hydrogens (tertiary/aromatic N) is 3. The molecule has 0 aromatic carbocycles. The molecule has 3 aliphatic heterocycles. The fraction of sp³-hybridized carbons (Fsp3) is 1.00. The van der Waals surface area contributed by atoms with Crippen LogP contribution in [-0.2, 0) is 4.74 Å². The van der Waals surface area contributed by atoms with Crippen molar-refractivity contribution < 1.29 is 4.74 Å². The molecule has 26 heavy (non-hydrogen) atoms. The van der Waals surface area contributed by atoms with Crippen LogP contribution in [0.4, 0.5) is 0 Å². The highest BCUT2D eigenvalue weighted by Gasteiger charge is 2.38. The van der Waals surface area contributed by atoms with Gasteiger partial charge in [-0.2, -0.15) is 0 Å². The van der Waals surface area contributed by atoms with E-state index in [2.05, 4.69) is 35.8 Å². The van der Waals surface area contributed by atoms with E-state index in [0.717, 1.165) is 11.8 Å². The molecule has 1 aliphatic carbocycles. The predicted octanol–water partition coefficient (Wildman–Crippen LogP) is 3.65. The lowest BCUT2D eigenvalue weighted by atomic mass is 9.71. The van der Waals surface area contributed by atoms with Gasteiger partial charge in [-0.05, 0) is 94.8 Å². The summed E-state index contributed by atoms with van der Waals surface area (Å²) in [5.41, 5.74) is 0.699. The molecule has 0 aromatic heterocycles. The van der Waals surface area contributed by atoms with Gasteiger partial charge >= 0.3 is 0 Å². The van der Waals surface area contributed by atoms with Crippen molar-refractivity contribution in [1.82, 2.24) is 12.9 Å². The van der Waals surface area contributed by atoms with Crippen molar-refractivity contribution in [3.8, 4) is 0 Å². The van der Waals surface area contributed by atoms with E-state index < -0.39 is 0 Å². The van der Waals surface area contributed by atoms with E-state index in [1.165, 1.54) is 104 Å². The van der Waals surface area contributed by atoms with Crippen LogP contribution in [-0.4, -0.2) is 78.5 Å². The zero-order valence-electron chi connectivity index (χ0n) is 16.7. The van der Waals surface area contributed by atoms with Gasteiger partial charge in [0.05, 0.1) is 6.10 Å². The van der Waals surface area contributed by atoms with Crippen LogP contribution in [0.3, 0.4) is 0 Å². The number of hydrogen-bond donors (Lipinski definition) is 0. The molecule has 4 nitrogen and oxygen atoms in total. The largest absolute Gasteiger partial charge is 0.381 e. The van der Waals surface area contributed by atoms with Crippen LogP contribution in [0.15, 0.2) is 0 Å². The van der Waals surface area contributed by atoms with Crippen LogP contribution in [0.2, 0.25) is 0 Å². The first-order chi connectivity index (χ1) is 12.6. The quantitative estimate of drug-likeness (QED) is 0.447. The second-order valence-electron chi connectivity index (χ2n) is 9.65. The lowest BCUT2D eigenvalue weighted by molar-refractivity contribution is -0.0154. The van der Waals surface area contributed by atoms with Gasteiger partial charge < -0.3 is 14.5 Å². The first-order valence-electron chi connectivity index (χ1n) is 11.0. The van der Waals surface area contributed by atoms with Crippen molar-refractivity contribution >= 4 is 22.9 Å². The molecule has 5 heteroatoms. The lowest BCUT2D eigenvalue weighted by Crippen LogP contribution is -2.47. The summed E-state index contributed by atoms with van der Waals surface area (Å²) in [7, 11) is 1.86. The molecule has 0 atom stereocenters. The first kappa shape index (κ1) is 19.9.